The van der Waals surface area contributed by atoms with E-state index in [-0.39, 0.29) is 0 Å². The van der Waals surface area contributed by atoms with Gasteiger partial charge < -0.3 is 10.8 Å². The minimum absolute atomic E-state index is 0.631. The maximum atomic E-state index is 10.4. The lowest BCUT2D eigenvalue weighted by Crippen LogP contribution is -2.29. The second kappa shape index (κ2) is 5.22. The molecule has 1 aliphatic rings. The molecule has 0 spiro atoms. The Morgan fingerprint density at radius 1 is 1.46 bits per heavy atom. The first-order valence-electron chi connectivity index (χ1n) is 5.18. The molecule has 0 radical (unpaired) electrons. The zero-order valence-corrected chi connectivity index (χ0v) is 8.04. The summed E-state index contributed by atoms with van der Waals surface area (Å²) in [6.07, 6.45) is 8.15. The zero-order chi connectivity index (χ0) is 9.68. The van der Waals surface area contributed by atoms with E-state index in [1.54, 1.807) is 0 Å². The fraction of sp³-hybridized carbons (Fsp3) is 0.900. The molecule has 0 bridgehead atoms. The number of aliphatic carboxylic acids is 1. The van der Waals surface area contributed by atoms with Gasteiger partial charge in [-0.05, 0) is 12.3 Å². The highest BCUT2D eigenvalue weighted by atomic mass is 16.4. The van der Waals surface area contributed by atoms with Crippen molar-refractivity contribution in [1.29, 1.82) is 0 Å². The number of hydrogen-bond acceptors (Lipinski definition) is 2. The second-order valence-electron chi connectivity index (χ2n) is 4.03. The van der Waals surface area contributed by atoms with Crippen LogP contribution in [-0.2, 0) is 4.79 Å². The van der Waals surface area contributed by atoms with E-state index in [1.807, 2.05) is 0 Å². The van der Waals surface area contributed by atoms with Crippen LogP contribution >= 0.6 is 0 Å². The number of hydrogen-bond donors (Lipinski definition) is 2. The quantitative estimate of drug-likeness (QED) is 0.686. The van der Waals surface area contributed by atoms with Gasteiger partial charge >= 0.3 is 5.97 Å². The van der Waals surface area contributed by atoms with Crippen LogP contribution in [0.3, 0.4) is 0 Å². The molecule has 1 aliphatic carbocycles. The Kier molecular flexibility index (Phi) is 4.22. The molecule has 13 heavy (non-hydrogen) atoms. The molecule has 0 heterocycles. The molecule has 1 fully saturated rings. The van der Waals surface area contributed by atoms with E-state index >= 15 is 0 Å². The normalized spacial score (nSPS) is 20.4. The fourth-order valence-corrected chi connectivity index (χ4v) is 2.05. The summed E-state index contributed by atoms with van der Waals surface area (Å²) in [6.45, 7) is 0. The first-order valence-corrected chi connectivity index (χ1v) is 5.18. The topological polar surface area (TPSA) is 63.3 Å². The van der Waals surface area contributed by atoms with Crippen molar-refractivity contribution in [3.8, 4) is 0 Å². The van der Waals surface area contributed by atoms with E-state index in [4.69, 9.17) is 10.8 Å². The van der Waals surface area contributed by atoms with Crippen molar-refractivity contribution >= 4 is 5.97 Å². The van der Waals surface area contributed by atoms with Crippen LogP contribution < -0.4 is 5.73 Å². The maximum absolute atomic E-state index is 10.4. The molecule has 3 heteroatoms. The summed E-state index contributed by atoms with van der Waals surface area (Å²) in [5.74, 6) is -0.0209. The summed E-state index contributed by atoms with van der Waals surface area (Å²) in [4.78, 5) is 10.4. The first-order chi connectivity index (χ1) is 6.20. The lowest BCUT2D eigenvalue weighted by atomic mass is 9.99. The lowest BCUT2D eigenvalue weighted by Gasteiger charge is -2.09. The van der Waals surface area contributed by atoms with Crippen LogP contribution in [0, 0.1) is 5.92 Å². The van der Waals surface area contributed by atoms with Crippen molar-refractivity contribution in [2.45, 2.75) is 51.0 Å². The number of nitrogens with two attached hydrogens (primary N) is 1. The van der Waals surface area contributed by atoms with Gasteiger partial charge in [0.05, 0.1) is 0 Å². The fourth-order valence-electron chi connectivity index (χ4n) is 2.05. The molecule has 1 saturated carbocycles. The molecule has 1 rings (SSSR count). The third-order valence-electron chi connectivity index (χ3n) is 2.92. The minimum Gasteiger partial charge on any atom is -0.480 e. The summed E-state index contributed by atoms with van der Waals surface area (Å²) in [5.41, 5.74) is 5.40. The Bertz CT molecular complexity index is 164. The summed E-state index contributed by atoms with van der Waals surface area (Å²) < 4.78 is 0. The highest BCUT2D eigenvalue weighted by Gasteiger charge is 2.16. The van der Waals surface area contributed by atoms with Gasteiger partial charge in [-0.15, -0.1) is 0 Å². The number of carboxylic acids is 1. The predicted octanol–water partition coefficient (Wildman–Crippen LogP) is 1.76. The molecule has 0 amide bonds. The molecule has 0 aromatic carbocycles. The Labute approximate surface area is 79.3 Å². The number of rotatable bonds is 5. The molecule has 0 saturated heterocycles. The first kappa shape index (κ1) is 10.5. The third-order valence-corrected chi connectivity index (χ3v) is 2.92. The van der Waals surface area contributed by atoms with Crippen molar-refractivity contribution < 1.29 is 9.90 Å². The van der Waals surface area contributed by atoms with Gasteiger partial charge in [0.25, 0.3) is 0 Å². The summed E-state index contributed by atoms with van der Waals surface area (Å²) in [7, 11) is 0. The van der Waals surface area contributed by atoms with E-state index < -0.39 is 12.0 Å². The summed E-state index contributed by atoms with van der Waals surface area (Å²) in [6, 6.07) is -0.651. The number of carboxylic acid groups (broad SMARTS) is 1. The lowest BCUT2D eigenvalue weighted by molar-refractivity contribution is -0.138. The van der Waals surface area contributed by atoms with Crippen molar-refractivity contribution in [3.63, 3.8) is 0 Å². The molecule has 0 unspecified atom stereocenters. The van der Waals surface area contributed by atoms with Crippen LogP contribution in [0.15, 0.2) is 0 Å². The SMILES string of the molecule is N[C@H](CCCC1CCCC1)C(=O)O. The van der Waals surface area contributed by atoms with Gasteiger partial charge in [0.1, 0.15) is 6.04 Å². The smallest absolute Gasteiger partial charge is 0.320 e. The van der Waals surface area contributed by atoms with Crippen molar-refractivity contribution in [3.05, 3.63) is 0 Å². The van der Waals surface area contributed by atoms with Crippen molar-refractivity contribution in [2.75, 3.05) is 0 Å². The molecular weight excluding hydrogens is 166 g/mol. The largest absolute Gasteiger partial charge is 0.480 e. The Hall–Kier alpha value is -0.570. The predicted molar refractivity (Wildman–Crippen MR) is 51.4 cm³/mol. The molecule has 76 valence electrons. The van der Waals surface area contributed by atoms with Gasteiger partial charge in [-0.25, -0.2) is 0 Å². The Morgan fingerprint density at radius 2 is 2.08 bits per heavy atom. The standard InChI is InChI=1S/C10H19NO2/c11-9(10(12)13)7-3-6-8-4-1-2-5-8/h8-9H,1-7,11H2,(H,12,13)/t9-/m1/s1. The van der Waals surface area contributed by atoms with E-state index in [0.29, 0.717) is 6.42 Å². The molecule has 0 aromatic heterocycles. The van der Waals surface area contributed by atoms with Gasteiger partial charge in [0.2, 0.25) is 0 Å². The Morgan fingerprint density at radius 3 is 2.62 bits per heavy atom. The van der Waals surface area contributed by atoms with E-state index in [2.05, 4.69) is 0 Å². The highest BCUT2D eigenvalue weighted by molar-refractivity contribution is 5.72. The molecule has 3 N–H and O–H groups in total. The number of carbonyl (C=O) groups is 1. The summed E-state index contributed by atoms with van der Waals surface area (Å²) >= 11 is 0. The highest BCUT2D eigenvalue weighted by Crippen LogP contribution is 2.28. The van der Waals surface area contributed by atoms with Crippen LogP contribution in [0.4, 0.5) is 0 Å². The van der Waals surface area contributed by atoms with E-state index in [0.717, 1.165) is 12.3 Å². The minimum atomic E-state index is -0.869. The Balaban J connectivity index is 2.02. The molecule has 0 aromatic rings. The molecule has 0 aliphatic heterocycles. The van der Waals surface area contributed by atoms with Gasteiger partial charge in [-0.1, -0.05) is 38.5 Å². The van der Waals surface area contributed by atoms with Gasteiger partial charge in [-0.2, -0.15) is 0 Å². The van der Waals surface area contributed by atoms with Crippen LogP contribution in [0.5, 0.6) is 0 Å². The van der Waals surface area contributed by atoms with E-state index in [9.17, 15) is 4.79 Å². The van der Waals surface area contributed by atoms with Crippen molar-refractivity contribution in [1.82, 2.24) is 0 Å². The van der Waals surface area contributed by atoms with Crippen LogP contribution in [-0.4, -0.2) is 17.1 Å². The molecular formula is C10H19NO2. The average molecular weight is 185 g/mol. The second-order valence-corrected chi connectivity index (χ2v) is 4.03. The third kappa shape index (κ3) is 3.77. The van der Waals surface area contributed by atoms with Crippen molar-refractivity contribution in [2.24, 2.45) is 11.7 Å². The monoisotopic (exact) mass is 185 g/mol. The van der Waals surface area contributed by atoms with Gasteiger partial charge in [0.15, 0.2) is 0 Å². The molecule has 1 atom stereocenters. The summed E-state index contributed by atoms with van der Waals surface area (Å²) in [5, 5.41) is 8.55. The van der Waals surface area contributed by atoms with Crippen LogP contribution in [0.25, 0.3) is 0 Å². The average Bonchev–Trinajstić information content (AvgIpc) is 2.56. The van der Waals surface area contributed by atoms with Gasteiger partial charge in [-0.3, -0.25) is 4.79 Å². The van der Waals surface area contributed by atoms with E-state index in [1.165, 1.54) is 32.1 Å². The zero-order valence-electron chi connectivity index (χ0n) is 8.04. The van der Waals surface area contributed by atoms with Crippen LogP contribution in [0.2, 0.25) is 0 Å². The molecule has 3 nitrogen and oxygen atoms in total. The maximum Gasteiger partial charge on any atom is 0.320 e. The van der Waals surface area contributed by atoms with Crippen LogP contribution in [0.1, 0.15) is 44.9 Å². The van der Waals surface area contributed by atoms with Gasteiger partial charge in [0, 0.05) is 0 Å².